The highest BCUT2D eigenvalue weighted by molar-refractivity contribution is 5.93. The number of rotatable bonds is 4. The lowest BCUT2D eigenvalue weighted by molar-refractivity contribution is -0.120. The third-order valence-corrected chi connectivity index (χ3v) is 3.59. The zero-order valence-corrected chi connectivity index (χ0v) is 11.3. The summed E-state index contributed by atoms with van der Waals surface area (Å²) < 4.78 is 0. The molecule has 0 aromatic heterocycles. The van der Waals surface area contributed by atoms with E-state index in [1.165, 1.54) is 5.56 Å². The van der Waals surface area contributed by atoms with Gasteiger partial charge < -0.3 is 16.4 Å². The van der Waals surface area contributed by atoms with Crippen LogP contribution in [-0.4, -0.2) is 42.5 Å². The summed E-state index contributed by atoms with van der Waals surface area (Å²) in [6, 6.07) is 9.40. The predicted octanol–water partition coefficient (Wildman–Crippen LogP) is -0.00190. The van der Waals surface area contributed by atoms with E-state index in [1.807, 2.05) is 18.2 Å². The number of nitrogens with zero attached hydrogens (tertiary/aromatic N) is 1. The molecule has 2 rings (SSSR count). The Morgan fingerprint density at radius 2 is 1.95 bits per heavy atom. The predicted molar refractivity (Wildman–Crippen MR) is 75.9 cm³/mol. The number of nitrogens with one attached hydrogen (secondary N) is 1. The first-order valence-electron chi connectivity index (χ1n) is 6.68. The monoisotopic (exact) mass is 276 g/mol. The largest absolute Gasteiger partial charge is 0.351 e. The summed E-state index contributed by atoms with van der Waals surface area (Å²) in [5.41, 5.74) is 12.3. The lowest BCUT2D eigenvalue weighted by atomic mass is 9.95. The van der Waals surface area contributed by atoms with Crippen molar-refractivity contribution >= 4 is 11.9 Å². The Kier molecular flexibility index (Phi) is 4.70. The van der Waals surface area contributed by atoms with Gasteiger partial charge in [0.25, 0.3) is 0 Å². The fourth-order valence-electron chi connectivity index (χ4n) is 2.61. The number of primary amides is 1. The number of amides is 3. The average molecular weight is 276 g/mol. The van der Waals surface area contributed by atoms with E-state index < -0.39 is 6.03 Å². The van der Waals surface area contributed by atoms with E-state index in [1.54, 1.807) is 0 Å². The number of hydrogen-bond donors (Lipinski definition) is 3. The highest BCUT2D eigenvalue weighted by Gasteiger charge is 2.31. The molecule has 2 atom stereocenters. The minimum atomic E-state index is -0.810. The first kappa shape index (κ1) is 14.5. The molecule has 1 saturated heterocycles. The van der Waals surface area contributed by atoms with Crippen molar-refractivity contribution in [2.24, 2.45) is 11.5 Å². The normalized spacial score (nSPS) is 22.6. The van der Waals surface area contributed by atoms with Gasteiger partial charge in [-0.15, -0.1) is 0 Å². The molecule has 0 saturated carbocycles. The van der Waals surface area contributed by atoms with Gasteiger partial charge in [0.1, 0.15) is 0 Å². The van der Waals surface area contributed by atoms with E-state index in [0.29, 0.717) is 6.54 Å². The Labute approximate surface area is 118 Å². The Morgan fingerprint density at radius 3 is 2.60 bits per heavy atom. The van der Waals surface area contributed by atoms with Gasteiger partial charge in [0, 0.05) is 38.0 Å². The molecule has 1 fully saturated rings. The van der Waals surface area contributed by atoms with Crippen LogP contribution in [0.4, 0.5) is 4.79 Å². The minimum absolute atomic E-state index is 0.0663. The summed E-state index contributed by atoms with van der Waals surface area (Å²) >= 11 is 0. The van der Waals surface area contributed by atoms with E-state index in [0.717, 1.165) is 13.1 Å². The van der Waals surface area contributed by atoms with Crippen molar-refractivity contribution in [1.82, 2.24) is 10.2 Å². The van der Waals surface area contributed by atoms with Crippen LogP contribution in [0.3, 0.4) is 0 Å². The SMILES string of the molecule is NC(=O)NC(=O)CCN1C[C@@H](N)[C@H](c2ccccc2)C1. The van der Waals surface area contributed by atoms with Gasteiger partial charge in [-0.2, -0.15) is 0 Å². The van der Waals surface area contributed by atoms with Crippen LogP contribution in [0.15, 0.2) is 30.3 Å². The molecular formula is C14H20N4O2. The molecule has 0 bridgehead atoms. The van der Waals surface area contributed by atoms with Crippen LogP contribution in [-0.2, 0) is 4.79 Å². The molecule has 0 radical (unpaired) electrons. The summed E-state index contributed by atoms with van der Waals surface area (Å²) in [6.07, 6.45) is 0.247. The Hall–Kier alpha value is -1.92. The van der Waals surface area contributed by atoms with Crippen LogP contribution < -0.4 is 16.8 Å². The Morgan fingerprint density at radius 1 is 1.25 bits per heavy atom. The highest BCUT2D eigenvalue weighted by Crippen LogP contribution is 2.26. The van der Waals surface area contributed by atoms with Crippen molar-refractivity contribution in [3.05, 3.63) is 35.9 Å². The number of carbonyl (C=O) groups is 2. The summed E-state index contributed by atoms with van der Waals surface area (Å²) in [5.74, 6) is -0.0652. The second-order valence-electron chi connectivity index (χ2n) is 5.10. The fourth-order valence-corrected chi connectivity index (χ4v) is 2.61. The van der Waals surface area contributed by atoms with Gasteiger partial charge in [0.2, 0.25) is 5.91 Å². The smallest absolute Gasteiger partial charge is 0.318 e. The van der Waals surface area contributed by atoms with Gasteiger partial charge >= 0.3 is 6.03 Å². The number of urea groups is 1. The lowest BCUT2D eigenvalue weighted by Gasteiger charge is -2.15. The number of nitrogens with two attached hydrogens (primary N) is 2. The zero-order valence-electron chi connectivity index (χ0n) is 11.3. The second-order valence-corrected chi connectivity index (χ2v) is 5.10. The second kappa shape index (κ2) is 6.49. The van der Waals surface area contributed by atoms with Crippen LogP contribution in [0.1, 0.15) is 17.9 Å². The number of hydrogen-bond acceptors (Lipinski definition) is 4. The zero-order chi connectivity index (χ0) is 14.5. The van der Waals surface area contributed by atoms with Crippen LogP contribution in [0.25, 0.3) is 0 Å². The van der Waals surface area contributed by atoms with E-state index in [9.17, 15) is 9.59 Å². The van der Waals surface area contributed by atoms with Crippen molar-refractivity contribution in [2.45, 2.75) is 18.4 Å². The van der Waals surface area contributed by atoms with Crippen molar-refractivity contribution in [3.63, 3.8) is 0 Å². The maximum atomic E-state index is 11.4. The standard InChI is InChI=1S/C14H20N4O2/c15-12-9-18(7-6-13(19)17-14(16)20)8-11(12)10-4-2-1-3-5-10/h1-5,11-12H,6-9,15H2,(H3,16,17,19,20)/t11-,12+/m0/s1. The minimum Gasteiger partial charge on any atom is -0.351 e. The van der Waals surface area contributed by atoms with Gasteiger partial charge in [-0.25, -0.2) is 4.79 Å². The van der Waals surface area contributed by atoms with Gasteiger partial charge in [-0.1, -0.05) is 30.3 Å². The molecule has 0 aliphatic carbocycles. The molecule has 1 aliphatic rings. The van der Waals surface area contributed by atoms with Gasteiger partial charge in [-0.3, -0.25) is 10.1 Å². The molecule has 20 heavy (non-hydrogen) atoms. The van der Waals surface area contributed by atoms with E-state index in [4.69, 9.17) is 11.5 Å². The average Bonchev–Trinajstić information content (AvgIpc) is 2.78. The fraction of sp³-hybridized carbons (Fsp3) is 0.429. The van der Waals surface area contributed by atoms with Crippen LogP contribution in [0, 0.1) is 0 Å². The molecule has 1 aromatic carbocycles. The first-order valence-corrected chi connectivity index (χ1v) is 6.68. The van der Waals surface area contributed by atoms with E-state index in [2.05, 4.69) is 22.3 Å². The molecule has 1 aliphatic heterocycles. The number of benzene rings is 1. The number of carbonyl (C=O) groups excluding carboxylic acids is 2. The summed E-state index contributed by atoms with van der Waals surface area (Å²) in [6.45, 7) is 2.16. The van der Waals surface area contributed by atoms with Gasteiger partial charge in [-0.05, 0) is 5.56 Å². The third kappa shape index (κ3) is 3.79. The Bertz CT molecular complexity index is 477. The van der Waals surface area contributed by atoms with E-state index in [-0.39, 0.29) is 24.3 Å². The van der Waals surface area contributed by atoms with Crippen LogP contribution in [0.2, 0.25) is 0 Å². The van der Waals surface area contributed by atoms with Crippen LogP contribution in [0.5, 0.6) is 0 Å². The molecule has 3 amide bonds. The molecule has 1 aromatic rings. The Balaban J connectivity index is 1.85. The molecular weight excluding hydrogens is 256 g/mol. The molecule has 6 nitrogen and oxygen atoms in total. The molecule has 0 unspecified atom stereocenters. The highest BCUT2D eigenvalue weighted by atomic mass is 16.2. The van der Waals surface area contributed by atoms with Crippen molar-refractivity contribution < 1.29 is 9.59 Å². The lowest BCUT2D eigenvalue weighted by Crippen LogP contribution is -2.37. The van der Waals surface area contributed by atoms with Gasteiger partial charge in [0.05, 0.1) is 0 Å². The molecule has 1 heterocycles. The van der Waals surface area contributed by atoms with Gasteiger partial charge in [0.15, 0.2) is 0 Å². The third-order valence-electron chi connectivity index (χ3n) is 3.59. The van der Waals surface area contributed by atoms with Crippen molar-refractivity contribution in [2.75, 3.05) is 19.6 Å². The van der Waals surface area contributed by atoms with E-state index >= 15 is 0 Å². The molecule has 108 valence electrons. The molecule has 6 heteroatoms. The quantitative estimate of drug-likeness (QED) is 0.720. The summed E-state index contributed by atoms with van der Waals surface area (Å²) in [7, 11) is 0. The molecule has 0 spiro atoms. The maximum Gasteiger partial charge on any atom is 0.318 e. The summed E-state index contributed by atoms with van der Waals surface area (Å²) in [4.78, 5) is 24.1. The van der Waals surface area contributed by atoms with Crippen molar-refractivity contribution in [1.29, 1.82) is 0 Å². The van der Waals surface area contributed by atoms with Crippen LogP contribution >= 0.6 is 0 Å². The number of imide groups is 1. The molecule has 5 N–H and O–H groups in total. The first-order chi connectivity index (χ1) is 9.56. The van der Waals surface area contributed by atoms with Crippen molar-refractivity contribution in [3.8, 4) is 0 Å². The number of likely N-dealkylation sites (tertiary alicyclic amines) is 1. The maximum absolute atomic E-state index is 11.4. The summed E-state index contributed by atoms with van der Waals surface area (Å²) in [5, 5.41) is 2.06. The topological polar surface area (TPSA) is 101 Å².